The average molecular weight is 155 g/mol. The van der Waals surface area contributed by atoms with Gasteiger partial charge in [-0.15, -0.1) is 0 Å². The van der Waals surface area contributed by atoms with Gasteiger partial charge in [-0.3, -0.25) is 0 Å². The Morgan fingerprint density at radius 1 is 1.09 bits per heavy atom. The molecular formula is C9H17NO. The molecule has 11 heavy (non-hydrogen) atoms. The van der Waals surface area contributed by atoms with Gasteiger partial charge in [-0.1, -0.05) is 0 Å². The fraction of sp³-hybridized carbons (Fsp3) is 1.00. The molecule has 2 nitrogen and oxygen atoms in total. The molecule has 1 saturated heterocycles. The number of methoxy groups -OCH3 is 1. The second kappa shape index (κ2) is 3.11. The third kappa shape index (κ3) is 1.74. The van der Waals surface area contributed by atoms with E-state index in [1.807, 2.05) is 7.11 Å². The van der Waals surface area contributed by atoms with Crippen molar-refractivity contribution in [2.45, 2.75) is 37.8 Å². The van der Waals surface area contributed by atoms with Crippen LogP contribution in [-0.4, -0.2) is 37.2 Å². The van der Waals surface area contributed by atoms with Gasteiger partial charge < -0.3 is 9.64 Å². The van der Waals surface area contributed by atoms with Crippen molar-refractivity contribution in [1.82, 2.24) is 4.90 Å². The summed E-state index contributed by atoms with van der Waals surface area (Å²) in [5.74, 6) is 0. The molecule has 2 fully saturated rings. The van der Waals surface area contributed by atoms with Crippen LogP contribution in [0.1, 0.15) is 25.7 Å². The molecule has 2 aliphatic rings. The van der Waals surface area contributed by atoms with Gasteiger partial charge in [0.2, 0.25) is 0 Å². The fourth-order valence-corrected chi connectivity index (χ4v) is 1.92. The lowest BCUT2D eigenvalue weighted by atomic mass is 10.1. The molecule has 0 atom stereocenters. The fourth-order valence-electron chi connectivity index (χ4n) is 1.92. The predicted octanol–water partition coefficient (Wildman–Crippen LogP) is 1.26. The first kappa shape index (κ1) is 7.56. The van der Waals surface area contributed by atoms with Crippen molar-refractivity contribution in [2.24, 2.45) is 0 Å². The van der Waals surface area contributed by atoms with Gasteiger partial charge >= 0.3 is 0 Å². The molecule has 1 aliphatic heterocycles. The molecule has 64 valence electrons. The summed E-state index contributed by atoms with van der Waals surface area (Å²) in [5, 5.41) is 0. The molecule has 0 amide bonds. The van der Waals surface area contributed by atoms with Gasteiger partial charge in [0, 0.05) is 26.2 Å². The summed E-state index contributed by atoms with van der Waals surface area (Å²) in [7, 11) is 1.83. The van der Waals surface area contributed by atoms with Gasteiger partial charge in [0.05, 0.1) is 6.10 Å². The lowest BCUT2D eigenvalue weighted by Crippen LogP contribution is -2.37. The van der Waals surface area contributed by atoms with E-state index in [1.54, 1.807) is 0 Å². The Labute approximate surface area is 68.5 Å². The minimum atomic E-state index is 0.546. The molecular weight excluding hydrogens is 138 g/mol. The molecule has 2 heteroatoms. The van der Waals surface area contributed by atoms with Crippen LogP contribution in [-0.2, 0) is 4.74 Å². The molecule has 1 heterocycles. The van der Waals surface area contributed by atoms with E-state index in [2.05, 4.69) is 4.90 Å². The summed E-state index contributed by atoms with van der Waals surface area (Å²) in [6.45, 7) is 2.53. The average Bonchev–Trinajstić information content (AvgIpc) is 2.87. The summed E-state index contributed by atoms with van der Waals surface area (Å²) in [4.78, 5) is 2.62. The molecule has 0 aromatic heterocycles. The molecule has 0 bridgehead atoms. The van der Waals surface area contributed by atoms with Crippen molar-refractivity contribution in [3.63, 3.8) is 0 Å². The van der Waals surface area contributed by atoms with Crippen LogP contribution in [0.15, 0.2) is 0 Å². The lowest BCUT2D eigenvalue weighted by Gasteiger charge is -2.30. The molecule has 0 spiro atoms. The SMILES string of the molecule is COC1CCN(C2CC2)CC1. The van der Waals surface area contributed by atoms with E-state index in [9.17, 15) is 0 Å². The van der Waals surface area contributed by atoms with Crippen LogP contribution in [0.4, 0.5) is 0 Å². The van der Waals surface area contributed by atoms with E-state index in [0.717, 1.165) is 6.04 Å². The lowest BCUT2D eigenvalue weighted by molar-refractivity contribution is 0.0388. The van der Waals surface area contributed by atoms with Crippen molar-refractivity contribution in [1.29, 1.82) is 0 Å². The van der Waals surface area contributed by atoms with E-state index in [0.29, 0.717) is 6.10 Å². The number of rotatable bonds is 2. The maximum atomic E-state index is 5.31. The van der Waals surface area contributed by atoms with E-state index < -0.39 is 0 Å². The van der Waals surface area contributed by atoms with E-state index in [-0.39, 0.29) is 0 Å². The number of ether oxygens (including phenoxy) is 1. The van der Waals surface area contributed by atoms with Gasteiger partial charge in [-0.2, -0.15) is 0 Å². The summed E-state index contributed by atoms with van der Waals surface area (Å²) in [6.07, 6.45) is 5.92. The molecule has 0 unspecified atom stereocenters. The first-order valence-corrected chi connectivity index (χ1v) is 4.67. The maximum Gasteiger partial charge on any atom is 0.0595 e. The zero-order chi connectivity index (χ0) is 7.68. The molecule has 0 aromatic rings. The molecule has 1 aliphatic carbocycles. The minimum absolute atomic E-state index is 0.546. The van der Waals surface area contributed by atoms with Crippen LogP contribution >= 0.6 is 0 Å². The van der Waals surface area contributed by atoms with Gasteiger partial charge in [0.1, 0.15) is 0 Å². The van der Waals surface area contributed by atoms with E-state index in [4.69, 9.17) is 4.74 Å². The first-order chi connectivity index (χ1) is 5.40. The number of likely N-dealkylation sites (tertiary alicyclic amines) is 1. The van der Waals surface area contributed by atoms with Crippen molar-refractivity contribution in [3.05, 3.63) is 0 Å². The third-order valence-corrected chi connectivity index (χ3v) is 2.87. The van der Waals surface area contributed by atoms with Crippen molar-refractivity contribution >= 4 is 0 Å². The summed E-state index contributed by atoms with van der Waals surface area (Å²) < 4.78 is 5.31. The number of hydrogen-bond donors (Lipinski definition) is 0. The van der Waals surface area contributed by atoms with Crippen LogP contribution in [0.5, 0.6) is 0 Å². The Bertz CT molecular complexity index is 126. The van der Waals surface area contributed by atoms with Gasteiger partial charge in [0.15, 0.2) is 0 Å². The predicted molar refractivity (Wildman–Crippen MR) is 44.6 cm³/mol. The standard InChI is InChI=1S/C9H17NO/c1-11-9-4-6-10(7-5-9)8-2-3-8/h8-9H,2-7H2,1H3. The van der Waals surface area contributed by atoms with Gasteiger partial charge in [-0.25, -0.2) is 0 Å². The maximum absolute atomic E-state index is 5.31. The van der Waals surface area contributed by atoms with Gasteiger partial charge in [-0.05, 0) is 25.7 Å². The Morgan fingerprint density at radius 3 is 2.18 bits per heavy atom. The molecule has 1 saturated carbocycles. The first-order valence-electron chi connectivity index (χ1n) is 4.67. The quantitative estimate of drug-likeness (QED) is 0.595. The number of hydrogen-bond acceptors (Lipinski definition) is 2. The Balaban J connectivity index is 1.75. The monoisotopic (exact) mass is 155 g/mol. The van der Waals surface area contributed by atoms with Crippen LogP contribution in [0.25, 0.3) is 0 Å². The number of piperidine rings is 1. The summed E-state index contributed by atoms with van der Waals surface area (Å²) in [6, 6.07) is 0.952. The van der Waals surface area contributed by atoms with E-state index >= 15 is 0 Å². The molecule has 2 rings (SSSR count). The van der Waals surface area contributed by atoms with E-state index in [1.165, 1.54) is 38.8 Å². The Morgan fingerprint density at radius 2 is 1.73 bits per heavy atom. The largest absolute Gasteiger partial charge is 0.381 e. The van der Waals surface area contributed by atoms with Crippen LogP contribution in [0, 0.1) is 0 Å². The van der Waals surface area contributed by atoms with Crippen LogP contribution in [0.2, 0.25) is 0 Å². The highest BCUT2D eigenvalue weighted by atomic mass is 16.5. The summed E-state index contributed by atoms with van der Waals surface area (Å²) >= 11 is 0. The van der Waals surface area contributed by atoms with Crippen molar-refractivity contribution in [2.75, 3.05) is 20.2 Å². The Hall–Kier alpha value is -0.0800. The molecule has 0 radical (unpaired) electrons. The van der Waals surface area contributed by atoms with Gasteiger partial charge in [0.25, 0.3) is 0 Å². The smallest absolute Gasteiger partial charge is 0.0595 e. The van der Waals surface area contributed by atoms with Crippen molar-refractivity contribution < 1.29 is 4.74 Å². The number of nitrogens with zero attached hydrogens (tertiary/aromatic N) is 1. The van der Waals surface area contributed by atoms with Crippen LogP contribution in [0.3, 0.4) is 0 Å². The molecule has 0 N–H and O–H groups in total. The van der Waals surface area contributed by atoms with Crippen LogP contribution < -0.4 is 0 Å². The highest BCUT2D eigenvalue weighted by molar-refractivity contribution is 4.87. The Kier molecular flexibility index (Phi) is 2.14. The minimum Gasteiger partial charge on any atom is -0.381 e. The zero-order valence-corrected chi connectivity index (χ0v) is 7.25. The zero-order valence-electron chi connectivity index (χ0n) is 7.25. The van der Waals surface area contributed by atoms with Crippen molar-refractivity contribution in [3.8, 4) is 0 Å². The third-order valence-electron chi connectivity index (χ3n) is 2.87. The second-order valence-electron chi connectivity index (χ2n) is 3.70. The highest BCUT2D eigenvalue weighted by Crippen LogP contribution is 2.29. The molecule has 0 aromatic carbocycles. The highest BCUT2D eigenvalue weighted by Gasteiger charge is 2.31. The second-order valence-corrected chi connectivity index (χ2v) is 3.70. The topological polar surface area (TPSA) is 12.5 Å². The normalized spacial score (nSPS) is 29.2. The summed E-state index contributed by atoms with van der Waals surface area (Å²) in [5.41, 5.74) is 0.